The van der Waals surface area contributed by atoms with Crippen LogP contribution < -0.4 is 20.9 Å². The van der Waals surface area contributed by atoms with Gasteiger partial charge in [0.2, 0.25) is 0 Å². The first-order valence-electron chi connectivity index (χ1n) is 12.4. The van der Waals surface area contributed by atoms with E-state index < -0.39 is 61.2 Å². The van der Waals surface area contributed by atoms with Crippen LogP contribution >= 0.6 is 19.3 Å². The van der Waals surface area contributed by atoms with Crippen molar-refractivity contribution in [2.24, 2.45) is 5.92 Å². The molecule has 0 amide bonds. The van der Waals surface area contributed by atoms with Crippen molar-refractivity contribution in [3.05, 3.63) is 63.4 Å². The van der Waals surface area contributed by atoms with Crippen LogP contribution in [0.3, 0.4) is 0 Å². The summed E-state index contributed by atoms with van der Waals surface area (Å²) in [5.74, 6) is -0.389. The number of rotatable bonds is 13. The summed E-state index contributed by atoms with van der Waals surface area (Å²) in [6.45, 7) is 4.82. The highest BCUT2D eigenvalue weighted by Gasteiger charge is 2.58. The first-order valence-corrected chi connectivity index (χ1v) is 14.3. The van der Waals surface area contributed by atoms with Crippen molar-refractivity contribution >= 4 is 25.3 Å². The number of hydrogen-bond donors (Lipinski definition) is 3. The first-order chi connectivity index (χ1) is 18.4. The smallest absolute Gasteiger partial charge is 0.459 e. The molecule has 12 nitrogen and oxygen atoms in total. The third-order valence-electron chi connectivity index (χ3n) is 6.18. The molecule has 0 spiro atoms. The van der Waals surface area contributed by atoms with Crippen molar-refractivity contribution in [1.29, 1.82) is 0 Å². The van der Waals surface area contributed by atoms with Gasteiger partial charge in [0, 0.05) is 12.3 Å². The highest BCUT2D eigenvalue weighted by atomic mass is 35.5. The summed E-state index contributed by atoms with van der Waals surface area (Å²) < 4.78 is 51.4. The van der Waals surface area contributed by atoms with Gasteiger partial charge in [-0.25, -0.2) is 13.8 Å². The number of halogens is 2. The summed E-state index contributed by atoms with van der Waals surface area (Å²) in [7, 11) is -4.36. The lowest BCUT2D eigenvalue weighted by molar-refractivity contribution is -0.146. The molecule has 1 saturated heterocycles. The predicted octanol–water partition coefficient (Wildman–Crippen LogP) is 2.86. The minimum atomic E-state index is -4.36. The summed E-state index contributed by atoms with van der Waals surface area (Å²) in [5, 5.41) is 9.98. The second kappa shape index (κ2) is 13.2. The van der Waals surface area contributed by atoms with Gasteiger partial charge in [0.25, 0.3) is 10.7 Å². The zero-order valence-electron chi connectivity index (χ0n) is 21.6. The van der Waals surface area contributed by atoms with E-state index >= 15 is 4.39 Å². The van der Waals surface area contributed by atoms with Crippen LogP contribution in [0.15, 0.2) is 52.2 Å². The Kier molecular flexibility index (Phi) is 10.5. The summed E-state index contributed by atoms with van der Waals surface area (Å²) in [6, 6.07) is 7.75. The molecule has 1 fully saturated rings. The van der Waals surface area contributed by atoms with Crippen LogP contribution in [0.1, 0.15) is 39.8 Å². The number of para-hydroxylation sites is 1. The van der Waals surface area contributed by atoms with Crippen molar-refractivity contribution in [3.63, 3.8) is 0 Å². The fourth-order valence-corrected chi connectivity index (χ4v) is 5.54. The number of esters is 1. The van der Waals surface area contributed by atoms with Gasteiger partial charge < -0.3 is 19.1 Å². The molecule has 6 atom stereocenters. The highest BCUT2D eigenvalue weighted by Crippen LogP contribution is 2.48. The number of aromatic amines is 1. The van der Waals surface area contributed by atoms with Crippen LogP contribution in [0.4, 0.5) is 4.39 Å². The van der Waals surface area contributed by atoms with Crippen LogP contribution in [0.5, 0.6) is 5.75 Å². The average molecular weight is 592 g/mol. The quantitative estimate of drug-likeness (QED) is 0.180. The number of H-pyrrole nitrogens is 1. The van der Waals surface area contributed by atoms with Crippen molar-refractivity contribution in [3.8, 4) is 5.75 Å². The number of nitrogens with one attached hydrogen (secondary N) is 2. The Morgan fingerprint density at radius 1 is 1.28 bits per heavy atom. The van der Waals surface area contributed by atoms with Crippen molar-refractivity contribution in [2.75, 3.05) is 13.2 Å². The normalized spacial score (nSPS) is 25.3. The summed E-state index contributed by atoms with van der Waals surface area (Å²) in [5.41, 5.74) is -1.75. The number of aromatic nitrogens is 2. The summed E-state index contributed by atoms with van der Waals surface area (Å²) in [4.78, 5) is 38.0. The first kappa shape index (κ1) is 31.0. The molecule has 1 aliphatic heterocycles. The molecule has 0 saturated carbocycles. The molecule has 0 radical (unpaired) electrons. The maximum atomic E-state index is 15.3. The second-order valence-corrected chi connectivity index (χ2v) is 11.3. The van der Waals surface area contributed by atoms with Crippen LogP contribution in [0.25, 0.3) is 0 Å². The van der Waals surface area contributed by atoms with E-state index in [1.165, 1.54) is 19.1 Å². The summed E-state index contributed by atoms with van der Waals surface area (Å²) >= 11 is 5.89. The van der Waals surface area contributed by atoms with Crippen LogP contribution in [0.2, 0.25) is 0 Å². The van der Waals surface area contributed by atoms with Crippen molar-refractivity contribution in [2.45, 2.75) is 63.2 Å². The minimum absolute atomic E-state index is 0.133. The van der Waals surface area contributed by atoms with Crippen LogP contribution in [0, 0.1) is 5.92 Å². The number of hydrogen-bond acceptors (Lipinski definition) is 9. The van der Waals surface area contributed by atoms with Gasteiger partial charge in [-0.2, -0.15) is 5.09 Å². The molecule has 1 aromatic carbocycles. The lowest BCUT2D eigenvalue weighted by Gasteiger charge is -2.25. The van der Waals surface area contributed by atoms with Gasteiger partial charge in [-0.3, -0.25) is 23.7 Å². The van der Waals surface area contributed by atoms with E-state index in [1.54, 1.807) is 18.2 Å². The average Bonchev–Trinajstić information content (AvgIpc) is 3.12. The molecule has 1 aromatic heterocycles. The fourth-order valence-electron chi connectivity index (χ4n) is 3.74. The van der Waals surface area contributed by atoms with Crippen molar-refractivity contribution in [1.82, 2.24) is 14.6 Å². The highest BCUT2D eigenvalue weighted by molar-refractivity contribution is 7.52. The van der Waals surface area contributed by atoms with Gasteiger partial charge in [0.1, 0.15) is 24.0 Å². The summed E-state index contributed by atoms with van der Waals surface area (Å²) in [6.07, 6.45) is -2.83. The van der Waals surface area contributed by atoms with Gasteiger partial charge in [-0.05, 0) is 25.0 Å². The standard InChI is InChI=1S/C24H32ClFN3O9P/c1-4-16(5-2)13-35-21(32)15(3)28-39(34,38-17-9-7-6-8-10-17)36-14-18-20(31)24(25,26)22(37-18)29-12-11-19(30)27-23(29)33/h6-12,15-16,18,20,22,31H,4-5,13-14H2,1-3H3,(H,28,34)(H,27,30,33)/t15-,18+,20+,22?,24+,39?/m0/s1. The molecule has 39 heavy (non-hydrogen) atoms. The molecular formula is C24H32ClFN3O9P. The molecular weight excluding hydrogens is 560 g/mol. The van der Waals surface area contributed by atoms with Gasteiger partial charge >= 0.3 is 19.4 Å². The van der Waals surface area contributed by atoms with Gasteiger partial charge in [0.15, 0.2) is 6.23 Å². The fraction of sp³-hybridized carbons (Fsp3) is 0.542. The Hall–Kier alpha value is -2.54. The number of aliphatic hydroxyl groups excluding tert-OH is 1. The zero-order valence-corrected chi connectivity index (χ0v) is 23.3. The number of aliphatic hydroxyl groups is 1. The van der Waals surface area contributed by atoms with E-state index in [0.29, 0.717) is 4.57 Å². The van der Waals surface area contributed by atoms with Crippen LogP contribution in [-0.2, 0) is 23.4 Å². The van der Waals surface area contributed by atoms with Gasteiger partial charge in [-0.15, -0.1) is 0 Å². The number of carbonyl (C=O) groups is 1. The molecule has 15 heteroatoms. The molecule has 2 aromatic rings. The topological polar surface area (TPSA) is 158 Å². The Bertz CT molecular complexity index is 1270. The third kappa shape index (κ3) is 7.77. The van der Waals surface area contributed by atoms with E-state index in [-0.39, 0.29) is 18.3 Å². The lowest BCUT2D eigenvalue weighted by atomic mass is 10.1. The zero-order chi connectivity index (χ0) is 28.8. The largest absolute Gasteiger partial charge is 0.464 e. The molecule has 2 unspecified atom stereocenters. The minimum Gasteiger partial charge on any atom is -0.464 e. The van der Waals surface area contributed by atoms with E-state index in [0.717, 1.165) is 25.1 Å². The Morgan fingerprint density at radius 3 is 2.56 bits per heavy atom. The molecule has 2 heterocycles. The second-order valence-electron chi connectivity index (χ2n) is 9.02. The molecule has 0 bridgehead atoms. The van der Waals surface area contributed by atoms with Crippen molar-refractivity contribution < 1.29 is 37.4 Å². The molecule has 3 N–H and O–H groups in total. The van der Waals surface area contributed by atoms with Crippen LogP contribution in [-0.4, -0.2) is 57.2 Å². The molecule has 3 rings (SSSR count). The molecule has 1 aliphatic rings. The Morgan fingerprint density at radius 2 is 1.95 bits per heavy atom. The predicted molar refractivity (Wildman–Crippen MR) is 139 cm³/mol. The SMILES string of the molecule is CCC(CC)COC(=O)[C@H](C)NP(=O)(OC[C@H]1OC(n2ccc(=O)[nH]c2=O)[C@@](F)(Cl)[C@@H]1O)Oc1ccccc1. The maximum Gasteiger partial charge on any atom is 0.459 e. The third-order valence-corrected chi connectivity index (χ3v) is 8.24. The van der Waals surface area contributed by atoms with E-state index in [2.05, 4.69) is 5.09 Å². The number of alkyl halides is 2. The number of nitrogens with zero attached hydrogens (tertiary/aromatic N) is 1. The Labute approximate surface area is 229 Å². The maximum absolute atomic E-state index is 15.3. The monoisotopic (exact) mass is 591 g/mol. The van der Waals surface area contributed by atoms with Gasteiger partial charge in [-0.1, -0.05) is 56.5 Å². The molecule has 0 aliphatic carbocycles. The Balaban J connectivity index is 1.76. The van der Waals surface area contributed by atoms with E-state index in [9.17, 15) is 24.1 Å². The van der Waals surface area contributed by atoms with E-state index in [4.69, 9.17) is 30.1 Å². The number of ether oxygens (including phenoxy) is 2. The van der Waals surface area contributed by atoms with E-state index in [1.807, 2.05) is 18.8 Å². The van der Waals surface area contributed by atoms with Gasteiger partial charge in [0.05, 0.1) is 13.2 Å². The number of benzene rings is 1. The lowest BCUT2D eigenvalue weighted by Crippen LogP contribution is -2.42. The number of carbonyl (C=O) groups excluding carboxylic acids is 1. The molecule has 216 valence electrons.